The Hall–Kier alpha value is -3.37. The zero-order chi connectivity index (χ0) is 24.7. The Morgan fingerprint density at radius 2 is 1.60 bits per heavy atom. The first kappa shape index (κ1) is 23.4. The van der Waals surface area contributed by atoms with Crippen molar-refractivity contribution >= 4 is 23.9 Å². The van der Waals surface area contributed by atoms with Crippen molar-refractivity contribution in [2.75, 3.05) is 10.6 Å². The summed E-state index contributed by atoms with van der Waals surface area (Å²) in [7, 11) is 0. The third kappa shape index (κ3) is 3.96. The van der Waals surface area contributed by atoms with Gasteiger partial charge in [-0.1, -0.05) is 72.1 Å². The molecule has 0 amide bonds. The zero-order valence-electron chi connectivity index (χ0n) is 20.5. The summed E-state index contributed by atoms with van der Waals surface area (Å²) in [4.78, 5) is 11.7. The first-order valence-corrected chi connectivity index (χ1v) is 13.0. The summed E-state index contributed by atoms with van der Waals surface area (Å²) in [5, 5.41) is 0. The Labute approximate surface area is 210 Å². The number of halogens is 1. The predicted molar refractivity (Wildman–Crippen MR) is 146 cm³/mol. The van der Waals surface area contributed by atoms with Crippen LogP contribution < -0.4 is 4.31 Å². The van der Waals surface area contributed by atoms with Crippen LogP contribution in [0.5, 0.6) is 0 Å². The van der Waals surface area contributed by atoms with Crippen LogP contribution in [0.4, 0.5) is 10.1 Å². The summed E-state index contributed by atoms with van der Waals surface area (Å²) in [5.41, 5.74) is 13.1. The Balaban J connectivity index is 1.79. The molecule has 1 heterocycles. The van der Waals surface area contributed by atoms with E-state index >= 15 is 0 Å². The minimum Gasteiger partial charge on any atom is -0.311 e. The molecule has 2 nitrogen and oxygen atoms in total. The lowest BCUT2D eigenvalue weighted by Gasteiger charge is -2.36. The molecule has 0 aromatic heterocycles. The van der Waals surface area contributed by atoms with Crippen molar-refractivity contribution in [3.05, 3.63) is 100 Å². The first-order chi connectivity index (χ1) is 16.9. The third-order valence-corrected chi connectivity index (χ3v) is 7.82. The number of fused-ring (bicyclic) bond motifs is 3. The number of benzene rings is 4. The summed E-state index contributed by atoms with van der Waals surface area (Å²) in [6, 6.07) is 21.8. The highest BCUT2D eigenvalue weighted by Crippen LogP contribution is 2.50. The van der Waals surface area contributed by atoms with Crippen molar-refractivity contribution in [2.45, 2.75) is 33.7 Å². The second-order valence-electron chi connectivity index (χ2n) is 9.13. The smallest absolute Gasteiger partial charge is 0.131 e. The van der Waals surface area contributed by atoms with E-state index in [2.05, 4.69) is 67.7 Å². The van der Waals surface area contributed by atoms with Crippen molar-refractivity contribution < 1.29 is 9.18 Å². The Morgan fingerprint density at radius 1 is 0.886 bits per heavy atom. The quantitative estimate of drug-likeness (QED) is 0.212. The maximum absolute atomic E-state index is 14.5. The van der Waals surface area contributed by atoms with Gasteiger partial charge in [0.15, 0.2) is 0 Å². The minimum absolute atomic E-state index is 0.211. The average molecular weight is 482 g/mol. The molecular formula is C31H28FNOS. The van der Waals surface area contributed by atoms with Gasteiger partial charge in [-0.3, -0.25) is 0 Å². The van der Waals surface area contributed by atoms with Gasteiger partial charge in [0.2, 0.25) is 0 Å². The van der Waals surface area contributed by atoms with Gasteiger partial charge in [-0.15, -0.1) is 0 Å². The number of rotatable bonds is 5. The van der Waals surface area contributed by atoms with Crippen LogP contribution in [0, 0.1) is 26.6 Å². The van der Waals surface area contributed by atoms with E-state index in [9.17, 15) is 9.18 Å². The van der Waals surface area contributed by atoms with Crippen molar-refractivity contribution in [3.63, 3.8) is 0 Å². The molecule has 0 radical (unpaired) electrons. The second-order valence-corrected chi connectivity index (χ2v) is 9.94. The maximum atomic E-state index is 14.5. The monoisotopic (exact) mass is 481 g/mol. The lowest BCUT2D eigenvalue weighted by atomic mass is 9.80. The van der Waals surface area contributed by atoms with E-state index in [1.807, 2.05) is 18.2 Å². The molecule has 0 saturated carbocycles. The van der Waals surface area contributed by atoms with Gasteiger partial charge in [0.25, 0.3) is 0 Å². The summed E-state index contributed by atoms with van der Waals surface area (Å²) >= 11 is 1.68. The molecule has 0 saturated heterocycles. The molecule has 0 aliphatic carbocycles. The van der Waals surface area contributed by atoms with Crippen LogP contribution >= 0.6 is 11.9 Å². The number of aldehydes is 1. The molecule has 35 heavy (non-hydrogen) atoms. The molecule has 4 aromatic rings. The Kier molecular flexibility index (Phi) is 6.24. The van der Waals surface area contributed by atoms with Crippen molar-refractivity contribution in [3.8, 4) is 33.4 Å². The van der Waals surface area contributed by atoms with Gasteiger partial charge in [-0.2, -0.15) is 0 Å². The standard InChI is InChI=1S/C31H28FNOS/c1-19-9-11-22(12-10-19)29-21(3)30-27-14-13-23(26-7-5-6-8-28(26)32)17-24(27)18-33(35-4)31(30)20(2)25(29)15-16-34/h5-14,16-17H,15,18H2,1-4H3. The normalized spacial score (nSPS) is 12.3. The lowest BCUT2D eigenvalue weighted by Crippen LogP contribution is -2.22. The first-order valence-electron chi connectivity index (χ1n) is 11.8. The highest BCUT2D eigenvalue weighted by atomic mass is 32.2. The number of hydrogen-bond donors (Lipinski definition) is 0. The molecule has 4 aromatic carbocycles. The van der Waals surface area contributed by atoms with E-state index in [1.165, 1.54) is 39.6 Å². The highest BCUT2D eigenvalue weighted by molar-refractivity contribution is 7.99. The topological polar surface area (TPSA) is 20.3 Å². The molecule has 0 N–H and O–H groups in total. The van der Waals surface area contributed by atoms with Gasteiger partial charge in [-0.25, -0.2) is 4.39 Å². The van der Waals surface area contributed by atoms with Crippen molar-refractivity contribution in [1.29, 1.82) is 0 Å². The van der Waals surface area contributed by atoms with Crippen LogP contribution in [0.25, 0.3) is 33.4 Å². The molecule has 0 unspecified atom stereocenters. The predicted octanol–water partition coefficient (Wildman–Crippen LogP) is 8.09. The van der Waals surface area contributed by atoms with E-state index in [0.29, 0.717) is 12.0 Å². The van der Waals surface area contributed by atoms with Crippen molar-refractivity contribution in [1.82, 2.24) is 0 Å². The van der Waals surface area contributed by atoms with Crippen molar-refractivity contribution in [2.24, 2.45) is 0 Å². The Bertz CT molecular complexity index is 1440. The molecule has 0 bridgehead atoms. The summed E-state index contributed by atoms with van der Waals surface area (Å²) in [6.45, 7) is 7.11. The lowest BCUT2D eigenvalue weighted by molar-refractivity contribution is -0.107. The van der Waals surface area contributed by atoms with Gasteiger partial charge >= 0.3 is 0 Å². The molecule has 176 valence electrons. The number of hydrogen-bond acceptors (Lipinski definition) is 3. The second kappa shape index (κ2) is 9.35. The molecule has 0 atom stereocenters. The SMILES string of the molecule is CSN1Cc2cc(-c3ccccc3F)ccc2-c2c(C)c(-c3ccc(C)cc3)c(CC=O)c(C)c21. The van der Waals surface area contributed by atoms with Crippen LogP contribution in [0.2, 0.25) is 0 Å². The van der Waals surface area contributed by atoms with Crippen LogP contribution in [0.15, 0.2) is 66.7 Å². The van der Waals surface area contributed by atoms with E-state index in [4.69, 9.17) is 0 Å². The summed E-state index contributed by atoms with van der Waals surface area (Å²) in [6.07, 6.45) is 3.47. The molecule has 4 heteroatoms. The fourth-order valence-electron chi connectivity index (χ4n) is 5.36. The average Bonchev–Trinajstić information content (AvgIpc) is 2.87. The van der Waals surface area contributed by atoms with Gasteiger partial charge in [-0.05, 0) is 77.4 Å². The number of anilines is 1. The molecule has 0 fully saturated rings. The molecule has 5 rings (SSSR count). The van der Waals surface area contributed by atoms with Crippen LogP contribution in [-0.2, 0) is 17.8 Å². The van der Waals surface area contributed by atoms with Gasteiger partial charge < -0.3 is 9.10 Å². The zero-order valence-corrected chi connectivity index (χ0v) is 21.3. The van der Waals surface area contributed by atoms with Crippen LogP contribution in [0.3, 0.4) is 0 Å². The third-order valence-electron chi connectivity index (χ3n) is 7.07. The summed E-state index contributed by atoms with van der Waals surface area (Å²) < 4.78 is 16.9. The fraction of sp³-hybridized carbons (Fsp3) is 0.194. The van der Waals surface area contributed by atoms with E-state index in [-0.39, 0.29) is 5.82 Å². The fourth-order valence-corrected chi connectivity index (χ4v) is 6.04. The van der Waals surface area contributed by atoms with Gasteiger partial charge in [0.1, 0.15) is 12.1 Å². The Morgan fingerprint density at radius 3 is 2.29 bits per heavy atom. The van der Waals surface area contributed by atoms with Crippen LogP contribution in [0.1, 0.15) is 27.8 Å². The molecule has 0 spiro atoms. The van der Waals surface area contributed by atoms with E-state index < -0.39 is 0 Å². The number of nitrogens with zero attached hydrogens (tertiary/aromatic N) is 1. The molecule has 1 aliphatic rings. The minimum atomic E-state index is -0.211. The van der Waals surface area contributed by atoms with E-state index in [1.54, 1.807) is 18.0 Å². The maximum Gasteiger partial charge on any atom is 0.131 e. The van der Waals surface area contributed by atoms with Gasteiger partial charge in [0.05, 0.1) is 12.2 Å². The molecule has 1 aliphatic heterocycles. The van der Waals surface area contributed by atoms with Crippen LogP contribution in [-0.4, -0.2) is 12.5 Å². The number of carbonyl (C=O) groups is 1. The molecular weight excluding hydrogens is 453 g/mol. The number of aryl methyl sites for hydroxylation is 1. The number of carbonyl (C=O) groups excluding carboxylic acids is 1. The van der Waals surface area contributed by atoms with Gasteiger partial charge in [0, 0.05) is 23.8 Å². The summed E-state index contributed by atoms with van der Waals surface area (Å²) in [5.74, 6) is -0.211. The largest absolute Gasteiger partial charge is 0.311 e. The van der Waals surface area contributed by atoms with E-state index in [0.717, 1.165) is 40.6 Å². The highest BCUT2D eigenvalue weighted by Gasteiger charge is 2.30.